The zero-order chi connectivity index (χ0) is 17.5. The molecule has 2 fully saturated rings. The van der Waals surface area contributed by atoms with Crippen LogP contribution in [0.5, 0.6) is 0 Å². The van der Waals surface area contributed by atoms with Crippen molar-refractivity contribution in [2.24, 2.45) is 0 Å². The molecule has 0 aliphatic carbocycles. The molecule has 0 N–H and O–H groups in total. The fourth-order valence-electron chi connectivity index (χ4n) is 3.60. The van der Waals surface area contributed by atoms with Crippen LogP contribution in [0.4, 0.5) is 0 Å². The standard InChI is InChI=1S/C17H22N2O4S/c1-3-13-4-6-14(7-5-13)16(21)19-10-8-17(9-11-19)18(2)15(20)12-24(17,22)23/h4-7H,3,8-12H2,1-2H3. The predicted molar refractivity (Wildman–Crippen MR) is 90.2 cm³/mol. The molecule has 1 aromatic rings. The van der Waals surface area contributed by atoms with Gasteiger partial charge < -0.3 is 9.80 Å². The minimum atomic E-state index is -3.49. The SMILES string of the molecule is CCc1ccc(C(=O)N2CCC3(CC2)N(C)C(=O)CS3(=O)=O)cc1. The van der Waals surface area contributed by atoms with E-state index in [1.165, 1.54) is 10.5 Å². The molecular formula is C17H22N2O4S. The largest absolute Gasteiger partial charge is 0.338 e. The first kappa shape index (κ1) is 17.0. The lowest BCUT2D eigenvalue weighted by atomic mass is 10.0. The Morgan fingerprint density at radius 3 is 2.21 bits per heavy atom. The van der Waals surface area contributed by atoms with Crippen LogP contribution in [-0.4, -0.2) is 60.8 Å². The van der Waals surface area contributed by atoms with Crippen molar-refractivity contribution in [2.75, 3.05) is 25.9 Å². The lowest BCUT2D eigenvalue weighted by Crippen LogP contribution is -2.55. The van der Waals surface area contributed by atoms with E-state index < -0.39 is 20.5 Å². The summed E-state index contributed by atoms with van der Waals surface area (Å²) in [7, 11) is -1.94. The molecule has 2 amide bonds. The normalized spacial score (nSPS) is 22.2. The third-order valence-corrected chi connectivity index (χ3v) is 7.79. The number of carbonyl (C=O) groups excluding carboxylic acids is 2. The van der Waals surface area contributed by atoms with E-state index in [9.17, 15) is 18.0 Å². The smallest absolute Gasteiger partial charge is 0.253 e. The predicted octanol–water partition coefficient (Wildman–Crippen LogP) is 1.07. The van der Waals surface area contributed by atoms with E-state index in [2.05, 4.69) is 6.92 Å². The fraction of sp³-hybridized carbons (Fsp3) is 0.529. The highest BCUT2D eigenvalue weighted by Gasteiger charge is 2.57. The Balaban J connectivity index is 1.75. The molecule has 0 saturated carbocycles. The highest BCUT2D eigenvalue weighted by atomic mass is 32.2. The number of hydrogen-bond donors (Lipinski definition) is 0. The molecule has 3 rings (SSSR count). The first-order valence-corrected chi connectivity index (χ1v) is 9.83. The molecule has 7 heteroatoms. The maximum absolute atomic E-state index is 12.6. The molecule has 130 valence electrons. The van der Waals surface area contributed by atoms with Gasteiger partial charge in [0.25, 0.3) is 5.91 Å². The van der Waals surface area contributed by atoms with Crippen molar-refractivity contribution in [3.8, 4) is 0 Å². The molecule has 6 nitrogen and oxygen atoms in total. The summed E-state index contributed by atoms with van der Waals surface area (Å²) < 4.78 is 24.8. The molecule has 2 aliphatic heterocycles. The molecule has 24 heavy (non-hydrogen) atoms. The van der Waals surface area contributed by atoms with E-state index in [0.717, 1.165) is 6.42 Å². The van der Waals surface area contributed by atoms with Crippen molar-refractivity contribution in [1.82, 2.24) is 9.80 Å². The first-order chi connectivity index (χ1) is 11.3. The summed E-state index contributed by atoms with van der Waals surface area (Å²) in [5.74, 6) is -0.863. The molecule has 2 heterocycles. The third kappa shape index (κ3) is 2.51. The van der Waals surface area contributed by atoms with Crippen LogP contribution >= 0.6 is 0 Å². The Hall–Kier alpha value is -1.89. The number of benzene rings is 1. The number of aryl methyl sites for hydroxylation is 1. The van der Waals surface area contributed by atoms with Gasteiger partial charge in [-0.05, 0) is 24.1 Å². The minimum Gasteiger partial charge on any atom is -0.338 e. The van der Waals surface area contributed by atoms with E-state index in [4.69, 9.17) is 0 Å². The van der Waals surface area contributed by atoms with Crippen molar-refractivity contribution < 1.29 is 18.0 Å². The summed E-state index contributed by atoms with van der Waals surface area (Å²) in [4.78, 5) is 26.3. The van der Waals surface area contributed by atoms with Crippen molar-refractivity contribution in [3.05, 3.63) is 35.4 Å². The molecular weight excluding hydrogens is 328 g/mol. The second-order valence-corrected chi connectivity index (χ2v) is 8.78. The number of rotatable bonds is 2. The maximum atomic E-state index is 12.6. The molecule has 2 saturated heterocycles. The van der Waals surface area contributed by atoms with Crippen LogP contribution in [0.3, 0.4) is 0 Å². The quantitative estimate of drug-likeness (QED) is 0.800. The molecule has 0 bridgehead atoms. The van der Waals surface area contributed by atoms with Gasteiger partial charge in [-0.2, -0.15) is 0 Å². The van der Waals surface area contributed by atoms with Gasteiger partial charge in [-0.15, -0.1) is 0 Å². The zero-order valence-electron chi connectivity index (χ0n) is 14.0. The number of sulfone groups is 1. The lowest BCUT2D eigenvalue weighted by molar-refractivity contribution is -0.129. The minimum absolute atomic E-state index is 0.0862. The van der Waals surface area contributed by atoms with Gasteiger partial charge in [0.2, 0.25) is 5.91 Å². The van der Waals surface area contributed by atoms with E-state index >= 15 is 0 Å². The Morgan fingerprint density at radius 2 is 1.75 bits per heavy atom. The second-order valence-electron chi connectivity index (χ2n) is 6.50. The van der Waals surface area contributed by atoms with Crippen molar-refractivity contribution >= 4 is 21.7 Å². The van der Waals surface area contributed by atoms with Gasteiger partial charge in [-0.1, -0.05) is 19.1 Å². The highest BCUT2D eigenvalue weighted by Crippen LogP contribution is 2.38. The number of amides is 2. The summed E-state index contributed by atoms with van der Waals surface area (Å²) in [6.07, 6.45) is 1.46. The Morgan fingerprint density at radius 1 is 1.17 bits per heavy atom. The van der Waals surface area contributed by atoms with Crippen molar-refractivity contribution in [3.63, 3.8) is 0 Å². The van der Waals surface area contributed by atoms with Crippen LogP contribution in [0.1, 0.15) is 35.7 Å². The Bertz CT molecular complexity index is 762. The summed E-state index contributed by atoms with van der Waals surface area (Å²) in [5, 5.41) is 0. The van der Waals surface area contributed by atoms with Crippen LogP contribution in [0.15, 0.2) is 24.3 Å². The van der Waals surface area contributed by atoms with Crippen LogP contribution in [0, 0.1) is 0 Å². The molecule has 0 unspecified atom stereocenters. The van der Waals surface area contributed by atoms with Gasteiger partial charge in [0.15, 0.2) is 9.84 Å². The topological polar surface area (TPSA) is 74.8 Å². The summed E-state index contributed by atoms with van der Waals surface area (Å²) in [5.41, 5.74) is 1.78. The van der Waals surface area contributed by atoms with Crippen molar-refractivity contribution in [2.45, 2.75) is 31.1 Å². The van der Waals surface area contributed by atoms with Gasteiger partial charge in [0.1, 0.15) is 10.6 Å². The Labute approximate surface area is 142 Å². The molecule has 1 aromatic carbocycles. The zero-order valence-corrected chi connectivity index (χ0v) is 14.8. The Kier molecular flexibility index (Phi) is 4.15. The van der Waals surface area contributed by atoms with Gasteiger partial charge in [0, 0.05) is 38.5 Å². The average molecular weight is 350 g/mol. The van der Waals surface area contributed by atoms with E-state index in [1.807, 2.05) is 24.3 Å². The van der Waals surface area contributed by atoms with E-state index in [1.54, 1.807) is 11.9 Å². The van der Waals surface area contributed by atoms with Crippen LogP contribution in [-0.2, 0) is 21.1 Å². The van der Waals surface area contributed by atoms with Crippen LogP contribution in [0.2, 0.25) is 0 Å². The number of nitrogens with zero attached hydrogens (tertiary/aromatic N) is 2. The van der Waals surface area contributed by atoms with Gasteiger partial charge >= 0.3 is 0 Å². The summed E-state index contributed by atoms with van der Waals surface area (Å²) >= 11 is 0. The number of piperidine rings is 1. The number of hydrogen-bond acceptors (Lipinski definition) is 4. The van der Waals surface area contributed by atoms with Gasteiger partial charge in [-0.25, -0.2) is 8.42 Å². The number of carbonyl (C=O) groups is 2. The average Bonchev–Trinajstić information content (AvgIpc) is 2.75. The molecule has 0 atom stereocenters. The van der Waals surface area contributed by atoms with Gasteiger partial charge in [-0.3, -0.25) is 9.59 Å². The van der Waals surface area contributed by atoms with Crippen LogP contribution in [0.25, 0.3) is 0 Å². The summed E-state index contributed by atoms with van der Waals surface area (Å²) in [6.45, 7) is 2.73. The van der Waals surface area contributed by atoms with E-state index in [-0.39, 0.29) is 24.7 Å². The molecule has 0 radical (unpaired) electrons. The third-order valence-electron chi connectivity index (χ3n) is 5.32. The molecule has 1 spiro atoms. The monoisotopic (exact) mass is 350 g/mol. The summed E-state index contributed by atoms with van der Waals surface area (Å²) in [6, 6.07) is 7.50. The lowest BCUT2D eigenvalue weighted by Gasteiger charge is -2.41. The fourth-order valence-corrected chi connectivity index (χ4v) is 5.71. The molecule has 0 aromatic heterocycles. The molecule has 2 aliphatic rings. The number of likely N-dealkylation sites (tertiary alicyclic amines) is 1. The van der Waals surface area contributed by atoms with Gasteiger partial charge in [0.05, 0.1) is 0 Å². The maximum Gasteiger partial charge on any atom is 0.253 e. The van der Waals surface area contributed by atoms with Crippen LogP contribution < -0.4 is 0 Å². The highest BCUT2D eigenvalue weighted by molar-refractivity contribution is 7.93. The first-order valence-electron chi connectivity index (χ1n) is 8.18. The van der Waals surface area contributed by atoms with E-state index in [0.29, 0.717) is 18.7 Å². The second kappa shape index (κ2) is 5.88. The van der Waals surface area contributed by atoms with Crippen molar-refractivity contribution in [1.29, 1.82) is 0 Å².